The summed E-state index contributed by atoms with van der Waals surface area (Å²) >= 11 is 0. The summed E-state index contributed by atoms with van der Waals surface area (Å²) in [4.78, 5) is 4.40. The van der Waals surface area contributed by atoms with E-state index in [0.29, 0.717) is 0 Å². The lowest BCUT2D eigenvalue weighted by atomic mass is 10.4. The Morgan fingerprint density at radius 1 is 1.15 bits per heavy atom. The number of nitrogens with zero attached hydrogens (tertiary/aromatic N) is 3. The van der Waals surface area contributed by atoms with Gasteiger partial charge in [0.05, 0.1) is 41.8 Å². The molecule has 0 aromatic heterocycles. The first-order valence-corrected chi connectivity index (χ1v) is 4.43. The van der Waals surface area contributed by atoms with Gasteiger partial charge in [0.1, 0.15) is 0 Å². The molecule has 0 aliphatic carbocycles. The van der Waals surface area contributed by atoms with Crippen molar-refractivity contribution in [2.24, 2.45) is 0 Å². The van der Waals surface area contributed by atoms with Crippen LogP contribution >= 0.6 is 0 Å². The van der Waals surface area contributed by atoms with E-state index >= 15 is 0 Å². The van der Waals surface area contributed by atoms with Gasteiger partial charge in [-0.05, 0) is 6.42 Å². The summed E-state index contributed by atoms with van der Waals surface area (Å²) < 4.78 is 2.13. The topological polar surface area (TPSA) is 9.49 Å². The monoisotopic (exact) mass is 207 g/mol. The molecule has 0 fully saturated rings. The fraction of sp³-hybridized carbons (Fsp3) is 0.889. The lowest BCUT2D eigenvalue weighted by Gasteiger charge is -2.20. The molecule has 0 radical (unpaired) electrons. The molecule has 13 heavy (non-hydrogen) atoms. The zero-order valence-electron chi connectivity index (χ0n) is 9.63. The molecule has 0 atom stereocenters. The van der Waals surface area contributed by atoms with Crippen molar-refractivity contribution in [1.82, 2.24) is 9.80 Å². The van der Waals surface area contributed by atoms with Gasteiger partial charge in [-0.25, -0.2) is 0 Å². The van der Waals surface area contributed by atoms with E-state index in [0.717, 1.165) is 6.54 Å². The highest BCUT2D eigenvalue weighted by Crippen LogP contribution is 1.92. The van der Waals surface area contributed by atoms with Crippen LogP contribution < -0.4 is 12.4 Å². The minimum Gasteiger partial charge on any atom is -1.00 e. The normalized spacial score (nSPS) is 8.77. The van der Waals surface area contributed by atoms with Gasteiger partial charge in [0.25, 0.3) is 0 Å². The predicted molar refractivity (Wildman–Crippen MR) is 53.7 cm³/mol. The van der Waals surface area contributed by atoms with Crippen LogP contribution in [0.5, 0.6) is 0 Å². The number of guanidine groups is 1. The average molecular weight is 208 g/mol. The van der Waals surface area contributed by atoms with E-state index < -0.39 is 0 Å². The lowest BCUT2D eigenvalue weighted by molar-refractivity contribution is -0.475. The first-order valence-electron chi connectivity index (χ1n) is 4.43. The van der Waals surface area contributed by atoms with E-state index in [2.05, 4.69) is 56.5 Å². The zero-order chi connectivity index (χ0) is 9.72. The Morgan fingerprint density at radius 3 is 1.85 bits per heavy atom. The van der Waals surface area contributed by atoms with Gasteiger partial charge in [-0.2, -0.15) is 0 Å². The SMILES string of the molecule is CCCN(C)C(N(C)C)=[N+](C)C.[Cl-]. The molecule has 0 aromatic carbocycles. The summed E-state index contributed by atoms with van der Waals surface area (Å²) in [7, 11) is 10.4. The third-order valence-electron chi connectivity index (χ3n) is 1.70. The summed E-state index contributed by atoms with van der Waals surface area (Å²) in [5.74, 6) is 1.25. The molecule has 0 saturated carbocycles. The highest BCUT2D eigenvalue weighted by Gasteiger charge is 2.16. The zero-order valence-corrected chi connectivity index (χ0v) is 10.4. The van der Waals surface area contributed by atoms with Crippen molar-refractivity contribution < 1.29 is 17.0 Å². The molecule has 0 heterocycles. The maximum atomic E-state index is 2.26. The van der Waals surface area contributed by atoms with Crippen LogP contribution in [0.1, 0.15) is 13.3 Å². The number of hydrogen-bond acceptors (Lipinski definition) is 0. The van der Waals surface area contributed by atoms with Crippen LogP contribution in [0, 0.1) is 0 Å². The van der Waals surface area contributed by atoms with Crippen LogP contribution in [0.3, 0.4) is 0 Å². The molecule has 0 saturated heterocycles. The summed E-state index contributed by atoms with van der Waals surface area (Å²) in [6, 6.07) is 0. The van der Waals surface area contributed by atoms with Gasteiger partial charge in [-0.3, -0.25) is 14.4 Å². The second kappa shape index (κ2) is 7.01. The van der Waals surface area contributed by atoms with Crippen molar-refractivity contribution in [3.63, 3.8) is 0 Å². The molecule has 0 N–H and O–H groups in total. The van der Waals surface area contributed by atoms with Gasteiger partial charge in [0, 0.05) is 0 Å². The summed E-state index contributed by atoms with van der Waals surface area (Å²) in [6.45, 7) is 3.30. The molecule has 0 unspecified atom stereocenters. The van der Waals surface area contributed by atoms with Crippen molar-refractivity contribution in [1.29, 1.82) is 0 Å². The minimum absolute atomic E-state index is 0. The minimum atomic E-state index is 0. The average Bonchev–Trinajstić information content (AvgIpc) is 1.85. The predicted octanol–water partition coefficient (Wildman–Crippen LogP) is -2.48. The van der Waals surface area contributed by atoms with Crippen LogP contribution in [-0.2, 0) is 0 Å². The van der Waals surface area contributed by atoms with Crippen molar-refractivity contribution >= 4 is 5.96 Å². The summed E-state index contributed by atoms with van der Waals surface area (Å²) in [5, 5.41) is 0. The Bertz CT molecular complexity index is 162. The summed E-state index contributed by atoms with van der Waals surface area (Å²) in [5.41, 5.74) is 0. The standard InChI is InChI=1S/C9H22N3.ClH/c1-7-8-12(6)9(10(2)3)11(4)5;/h7-8H2,1-6H3;1H/q+1;/p-1. The molecule has 0 rings (SSSR count). The van der Waals surface area contributed by atoms with Crippen molar-refractivity contribution in [3.05, 3.63) is 0 Å². The molecule has 0 aliphatic heterocycles. The van der Waals surface area contributed by atoms with Gasteiger partial charge in [-0.15, -0.1) is 0 Å². The van der Waals surface area contributed by atoms with Crippen LogP contribution in [0.2, 0.25) is 0 Å². The first-order chi connectivity index (χ1) is 5.50. The van der Waals surface area contributed by atoms with E-state index in [1.165, 1.54) is 12.4 Å². The molecule has 80 valence electrons. The maximum Gasteiger partial charge on any atom is 0.349 e. The van der Waals surface area contributed by atoms with E-state index in [1.54, 1.807) is 0 Å². The molecular formula is C9H22ClN3. The maximum absolute atomic E-state index is 2.26. The molecular weight excluding hydrogens is 186 g/mol. The Labute approximate surface area is 88.4 Å². The Balaban J connectivity index is 0. The third kappa shape index (κ3) is 4.98. The largest absolute Gasteiger partial charge is 1.00 e. The fourth-order valence-corrected chi connectivity index (χ4v) is 1.52. The van der Waals surface area contributed by atoms with Crippen molar-refractivity contribution in [3.8, 4) is 0 Å². The Hall–Kier alpha value is -0.440. The van der Waals surface area contributed by atoms with E-state index in [9.17, 15) is 0 Å². The van der Waals surface area contributed by atoms with Crippen LogP contribution in [0.25, 0.3) is 0 Å². The molecule has 0 bridgehead atoms. The molecule has 0 amide bonds. The van der Waals surface area contributed by atoms with Crippen LogP contribution in [0.15, 0.2) is 0 Å². The lowest BCUT2D eigenvalue weighted by Crippen LogP contribution is -3.00. The number of rotatable bonds is 2. The fourth-order valence-electron chi connectivity index (χ4n) is 1.52. The van der Waals surface area contributed by atoms with Gasteiger partial charge in [0.15, 0.2) is 0 Å². The first kappa shape index (κ1) is 15.1. The number of hydrogen-bond donors (Lipinski definition) is 0. The van der Waals surface area contributed by atoms with E-state index in [1.807, 2.05) is 0 Å². The molecule has 4 heteroatoms. The van der Waals surface area contributed by atoms with E-state index in [-0.39, 0.29) is 12.4 Å². The molecule has 0 aromatic rings. The van der Waals surface area contributed by atoms with Crippen LogP contribution in [0.4, 0.5) is 0 Å². The van der Waals surface area contributed by atoms with E-state index in [4.69, 9.17) is 0 Å². The molecule has 0 aliphatic rings. The number of halogens is 1. The van der Waals surface area contributed by atoms with Gasteiger partial charge in [-0.1, -0.05) is 6.92 Å². The van der Waals surface area contributed by atoms with Gasteiger partial charge < -0.3 is 12.4 Å². The van der Waals surface area contributed by atoms with Crippen LogP contribution in [-0.4, -0.2) is 62.1 Å². The van der Waals surface area contributed by atoms with Gasteiger partial charge in [0.2, 0.25) is 0 Å². The second-order valence-electron chi connectivity index (χ2n) is 3.51. The second-order valence-corrected chi connectivity index (χ2v) is 3.51. The van der Waals surface area contributed by atoms with Gasteiger partial charge >= 0.3 is 5.96 Å². The Morgan fingerprint density at radius 2 is 1.62 bits per heavy atom. The highest BCUT2D eigenvalue weighted by atomic mass is 35.5. The quantitative estimate of drug-likeness (QED) is 0.282. The smallest absolute Gasteiger partial charge is 0.349 e. The highest BCUT2D eigenvalue weighted by molar-refractivity contribution is 5.74. The summed E-state index contributed by atoms with van der Waals surface area (Å²) in [6.07, 6.45) is 1.18. The third-order valence-corrected chi connectivity index (χ3v) is 1.70. The van der Waals surface area contributed by atoms with Crippen molar-refractivity contribution in [2.75, 3.05) is 41.8 Å². The van der Waals surface area contributed by atoms with Crippen molar-refractivity contribution in [2.45, 2.75) is 13.3 Å². The Kier molecular flexibility index (Phi) is 8.12. The molecule has 0 spiro atoms. The molecule has 3 nitrogen and oxygen atoms in total.